The third kappa shape index (κ3) is 7.31. The summed E-state index contributed by atoms with van der Waals surface area (Å²) in [7, 11) is 5.05. The van der Waals surface area contributed by atoms with Gasteiger partial charge in [0.25, 0.3) is 0 Å². The van der Waals surface area contributed by atoms with Gasteiger partial charge in [0.15, 0.2) is 0 Å². The molecule has 132 valence electrons. The van der Waals surface area contributed by atoms with Gasteiger partial charge in [-0.1, -0.05) is 12.8 Å². The monoisotopic (exact) mass is 375 g/mol. The van der Waals surface area contributed by atoms with Crippen LogP contribution in [-0.4, -0.2) is 62.3 Å². The van der Waals surface area contributed by atoms with Crippen molar-refractivity contribution in [3.63, 3.8) is 0 Å². The van der Waals surface area contributed by atoms with E-state index >= 15 is 0 Å². The van der Waals surface area contributed by atoms with E-state index in [4.69, 9.17) is 0 Å². The first-order chi connectivity index (χ1) is 10.1. The van der Waals surface area contributed by atoms with E-state index in [-0.39, 0.29) is 17.0 Å². The highest BCUT2D eigenvalue weighted by Crippen LogP contribution is 2.19. The van der Waals surface area contributed by atoms with Crippen LogP contribution < -0.4 is 17.0 Å². The lowest BCUT2D eigenvalue weighted by atomic mass is 10.1. The summed E-state index contributed by atoms with van der Waals surface area (Å²) in [6, 6.07) is 0. The van der Waals surface area contributed by atoms with Crippen LogP contribution in [0.1, 0.15) is 70.6 Å². The number of quaternary nitrogens is 2. The molecule has 2 fully saturated rings. The van der Waals surface area contributed by atoms with Crippen LogP contribution in [0.25, 0.3) is 0 Å². The van der Waals surface area contributed by atoms with Gasteiger partial charge < -0.3 is 25.9 Å². The number of halogens is 1. The Labute approximate surface area is 150 Å². The van der Waals surface area contributed by atoms with E-state index in [9.17, 15) is 0 Å². The van der Waals surface area contributed by atoms with Crippen LogP contribution in [0.5, 0.6) is 0 Å². The molecule has 0 bridgehead atoms. The molecular weight excluding hydrogens is 336 g/mol. The van der Waals surface area contributed by atoms with Crippen molar-refractivity contribution >= 4 is 0 Å². The Morgan fingerprint density at radius 3 is 1.09 bits per heavy atom. The van der Waals surface area contributed by atoms with Crippen LogP contribution in [0, 0.1) is 0 Å². The second-order valence-corrected chi connectivity index (χ2v) is 8.47. The predicted molar refractivity (Wildman–Crippen MR) is 92.4 cm³/mol. The predicted octanol–water partition coefficient (Wildman–Crippen LogP) is 1.20. The summed E-state index contributed by atoms with van der Waals surface area (Å²) < 4.78 is 2.72. The van der Waals surface area contributed by atoms with Crippen molar-refractivity contribution in [2.45, 2.75) is 70.6 Å². The Kier molecular flexibility index (Phi) is 9.57. The highest BCUT2D eigenvalue weighted by atomic mass is 79.9. The molecule has 0 spiro atoms. The molecule has 3 heteroatoms. The third-order valence-corrected chi connectivity index (χ3v) is 6.19. The topological polar surface area (TPSA) is 0 Å². The van der Waals surface area contributed by atoms with Gasteiger partial charge in [0.2, 0.25) is 0 Å². The van der Waals surface area contributed by atoms with E-state index in [1.54, 1.807) is 0 Å². The molecule has 2 rings (SSSR count). The maximum atomic E-state index is 2.53. The first kappa shape index (κ1) is 20.4. The summed E-state index contributed by atoms with van der Waals surface area (Å²) in [5.74, 6) is 0. The Hall–Kier alpha value is 0.400. The van der Waals surface area contributed by atoms with E-state index in [1.807, 2.05) is 0 Å². The standard InChI is InChI=1S/C19H40N2.BrH/c1-20(14-9-5-3-6-10-15-20)18-13-19-21(2)16-11-7-4-8-12-17-21;/h3-19H2,1-2H3;1H/q+2;/p-1. The average Bonchev–Trinajstić information content (AvgIpc) is 2.40. The van der Waals surface area contributed by atoms with Crippen LogP contribution in [0.4, 0.5) is 0 Å². The van der Waals surface area contributed by atoms with Crippen LogP contribution in [0.2, 0.25) is 0 Å². The second kappa shape index (κ2) is 10.3. The van der Waals surface area contributed by atoms with Gasteiger partial charge in [-0.3, -0.25) is 0 Å². The van der Waals surface area contributed by atoms with Gasteiger partial charge in [0.05, 0.1) is 53.4 Å². The molecule has 2 aliphatic heterocycles. The van der Waals surface area contributed by atoms with E-state index < -0.39 is 0 Å². The number of likely N-dealkylation sites (tertiary alicyclic amines) is 2. The molecule has 0 N–H and O–H groups in total. The lowest BCUT2D eigenvalue weighted by Crippen LogP contribution is -3.00. The van der Waals surface area contributed by atoms with Crippen LogP contribution in [0.15, 0.2) is 0 Å². The fourth-order valence-electron chi connectivity index (χ4n) is 4.54. The normalized spacial score (nSPS) is 25.9. The lowest BCUT2D eigenvalue weighted by Gasteiger charge is -2.39. The molecule has 2 saturated heterocycles. The molecule has 0 radical (unpaired) electrons. The largest absolute Gasteiger partial charge is 1.00 e. The Morgan fingerprint density at radius 2 is 0.773 bits per heavy atom. The molecule has 2 heterocycles. The van der Waals surface area contributed by atoms with Crippen molar-refractivity contribution in [3.8, 4) is 0 Å². The first-order valence-corrected chi connectivity index (χ1v) is 9.79. The minimum absolute atomic E-state index is 0. The van der Waals surface area contributed by atoms with Crippen LogP contribution >= 0.6 is 0 Å². The molecule has 0 aromatic heterocycles. The maximum absolute atomic E-state index is 2.53. The highest BCUT2D eigenvalue weighted by Gasteiger charge is 2.26. The number of rotatable bonds is 4. The highest BCUT2D eigenvalue weighted by molar-refractivity contribution is 4.54. The van der Waals surface area contributed by atoms with Gasteiger partial charge in [-0.05, 0) is 51.4 Å². The quantitative estimate of drug-likeness (QED) is 0.647. The molecule has 0 unspecified atom stereocenters. The lowest BCUT2D eigenvalue weighted by molar-refractivity contribution is -0.928. The zero-order valence-corrected chi connectivity index (χ0v) is 16.9. The fourth-order valence-corrected chi connectivity index (χ4v) is 4.54. The first-order valence-electron chi connectivity index (χ1n) is 9.79. The summed E-state index contributed by atoms with van der Waals surface area (Å²) in [5.41, 5.74) is 0. The van der Waals surface area contributed by atoms with Crippen molar-refractivity contribution in [1.29, 1.82) is 0 Å². The summed E-state index contributed by atoms with van der Waals surface area (Å²) in [4.78, 5) is 0. The number of hydrogen-bond acceptors (Lipinski definition) is 0. The molecular formula is C19H40BrN2+. The molecule has 2 aliphatic rings. The van der Waals surface area contributed by atoms with Crippen molar-refractivity contribution in [1.82, 2.24) is 0 Å². The summed E-state index contributed by atoms with van der Waals surface area (Å²) in [5, 5.41) is 0. The van der Waals surface area contributed by atoms with Crippen LogP contribution in [-0.2, 0) is 0 Å². The minimum atomic E-state index is 0. The Morgan fingerprint density at radius 1 is 0.500 bits per heavy atom. The van der Waals surface area contributed by atoms with E-state index in [0.717, 1.165) is 0 Å². The van der Waals surface area contributed by atoms with Crippen LogP contribution in [0.3, 0.4) is 0 Å². The zero-order chi connectivity index (χ0) is 15.0. The molecule has 0 atom stereocenters. The number of nitrogens with zero attached hydrogens (tertiary/aromatic N) is 2. The van der Waals surface area contributed by atoms with Gasteiger partial charge in [-0.15, -0.1) is 0 Å². The van der Waals surface area contributed by atoms with E-state index in [1.165, 1.54) is 119 Å². The minimum Gasteiger partial charge on any atom is -1.00 e. The van der Waals surface area contributed by atoms with Gasteiger partial charge in [0, 0.05) is 6.42 Å². The molecule has 0 aliphatic carbocycles. The zero-order valence-electron chi connectivity index (χ0n) is 15.3. The van der Waals surface area contributed by atoms with Crippen molar-refractivity contribution < 1.29 is 25.9 Å². The molecule has 0 saturated carbocycles. The molecule has 0 amide bonds. The van der Waals surface area contributed by atoms with E-state index in [2.05, 4.69) is 14.1 Å². The molecule has 0 aromatic carbocycles. The van der Waals surface area contributed by atoms with Gasteiger partial charge >= 0.3 is 0 Å². The van der Waals surface area contributed by atoms with E-state index in [0.29, 0.717) is 0 Å². The number of hydrogen-bond donors (Lipinski definition) is 0. The molecule has 22 heavy (non-hydrogen) atoms. The average molecular weight is 376 g/mol. The van der Waals surface area contributed by atoms with Crippen molar-refractivity contribution in [3.05, 3.63) is 0 Å². The third-order valence-electron chi connectivity index (χ3n) is 6.19. The van der Waals surface area contributed by atoms with Gasteiger partial charge in [-0.2, -0.15) is 0 Å². The summed E-state index contributed by atoms with van der Waals surface area (Å²) >= 11 is 0. The van der Waals surface area contributed by atoms with Crippen molar-refractivity contribution in [2.75, 3.05) is 53.4 Å². The Balaban J connectivity index is 0.00000242. The SMILES string of the molecule is C[N+]1(CCC[N+]2(C)CCCCCCC2)CCCCCCC1.[Br-]. The maximum Gasteiger partial charge on any atom is 0.0838 e. The fraction of sp³-hybridized carbons (Fsp3) is 1.00. The smallest absolute Gasteiger partial charge is 0.0838 e. The second-order valence-electron chi connectivity index (χ2n) is 8.47. The summed E-state index contributed by atoms with van der Waals surface area (Å²) in [6.45, 7) is 8.59. The molecule has 0 aromatic rings. The van der Waals surface area contributed by atoms with Crippen molar-refractivity contribution in [2.24, 2.45) is 0 Å². The summed E-state index contributed by atoms with van der Waals surface area (Å²) in [6.07, 6.45) is 16.1. The van der Waals surface area contributed by atoms with Gasteiger partial charge in [-0.25, -0.2) is 0 Å². The Bertz CT molecular complexity index is 249. The molecule has 2 nitrogen and oxygen atoms in total. The van der Waals surface area contributed by atoms with Gasteiger partial charge in [0.1, 0.15) is 0 Å².